The van der Waals surface area contributed by atoms with Crippen molar-refractivity contribution in [2.24, 2.45) is 5.73 Å². The molecule has 0 atom stereocenters. The fraction of sp³-hybridized carbons (Fsp3) is 0.273. The van der Waals surface area contributed by atoms with E-state index in [9.17, 15) is 9.59 Å². The molecule has 2 amide bonds. The smallest absolute Gasteiger partial charge is 0.238 e. The standard InChI is InChI=1S/C11H15N3O2/c1-8-3-2-4-9(5-8)14-11(16)7-13-6-10(12)15/h2-5,13H,6-7H2,1H3,(H2,12,15)(H,14,16). The molecule has 1 aromatic carbocycles. The first kappa shape index (κ1) is 12.2. The third-order valence-corrected chi connectivity index (χ3v) is 1.89. The summed E-state index contributed by atoms with van der Waals surface area (Å²) in [5, 5.41) is 5.34. The molecule has 0 aromatic heterocycles. The molecular formula is C11H15N3O2. The van der Waals surface area contributed by atoms with Gasteiger partial charge in [0.25, 0.3) is 0 Å². The van der Waals surface area contributed by atoms with Crippen LogP contribution in [0.5, 0.6) is 0 Å². The lowest BCUT2D eigenvalue weighted by Gasteiger charge is -2.06. The van der Waals surface area contributed by atoms with Gasteiger partial charge in [0.2, 0.25) is 11.8 Å². The van der Waals surface area contributed by atoms with Crippen LogP contribution < -0.4 is 16.4 Å². The summed E-state index contributed by atoms with van der Waals surface area (Å²) in [6, 6.07) is 7.48. The average molecular weight is 221 g/mol. The summed E-state index contributed by atoms with van der Waals surface area (Å²) in [6.07, 6.45) is 0. The average Bonchev–Trinajstić information content (AvgIpc) is 2.16. The maximum Gasteiger partial charge on any atom is 0.238 e. The minimum atomic E-state index is -0.483. The van der Waals surface area contributed by atoms with Gasteiger partial charge >= 0.3 is 0 Å². The van der Waals surface area contributed by atoms with E-state index in [0.717, 1.165) is 11.3 Å². The summed E-state index contributed by atoms with van der Waals surface area (Å²) in [6.45, 7) is 2.01. The third kappa shape index (κ3) is 4.56. The van der Waals surface area contributed by atoms with E-state index >= 15 is 0 Å². The first-order chi connectivity index (χ1) is 7.58. The predicted octanol–water partition coefficient (Wildman–Crippen LogP) is 0.00842. The van der Waals surface area contributed by atoms with Crippen LogP contribution in [0.3, 0.4) is 0 Å². The zero-order valence-electron chi connectivity index (χ0n) is 9.12. The number of benzene rings is 1. The molecule has 0 aliphatic carbocycles. The first-order valence-corrected chi connectivity index (χ1v) is 4.93. The molecule has 0 heterocycles. The van der Waals surface area contributed by atoms with E-state index in [-0.39, 0.29) is 19.0 Å². The van der Waals surface area contributed by atoms with Crippen LogP contribution in [0.4, 0.5) is 5.69 Å². The third-order valence-electron chi connectivity index (χ3n) is 1.89. The molecule has 86 valence electrons. The van der Waals surface area contributed by atoms with Crippen molar-refractivity contribution in [3.8, 4) is 0 Å². The highest BCUT2D eigenvalue weighted by molar-refractivity contribution is 5.92. The second kappa shape index (κ2) is 5.87. The fourth-order valence-electron chi connectivity index (χ4n) is 1.23. The van der Waals surface area contributed by atoms with Crippen LogP contribution in [0.1, 0.15) is 5.56 Å². The molecule has 0 saturated carbocycles. The highest BCUT2D eigenvalue weighted by Gasteiger charge is 2.02. The number of rotatable bonds is 5. The van der Waals surface area contributed by atoms with Gasteiger partial charge in [0.15, 0.2) is 0 Å². The van der Waals surface area contributed by atoms with Gasteiger partial charge in [-0.1, -0.05) is 12.1 Å². The molecule has 0 aliphatic rings. The monoisotopic (exact) mass is 221 g/mol. The number of hydrogen-bond acceptors (Lipinski definition) is 3. The van der Waals surface area contributed by atoms with Gasteiger partial charge in [-0.05, 0) is 24.6 Å². The van der Waals surface area contributed by atoms with E-state index in [1.807, 2.05) is 25.1 Å². The Bertz CT molecular complexity index is 391. The van der Waals surface area contributed by atoms with Crippen molar-refractivity contribution < 1.29 is 9.59 Å². The Kier molecular flexibility index (Phi) is 4.47. The summed E-state index contributed by atoms with van der Waals surface area (Å²) in [5.41, 5.74) is 6.73. The summed E-state index contributed by atoms with van der Waals surface area (Å²) in [5.74, 6) is -0.685. The molecule has 4 N–H and O–H groups in total. The maximum absolute atomic E-state index is 11.4. The Labute approximate surface area is 94.0 Å². The van der Waals surface area contributed by atoms with Crippen molar-refractivity contribution in [3.05, 3.63) is 29.8 Å². The zero-order chi connectivity index (χ0) is 12.0. The number of carbonyl (C=O) groups excluding carboxylic acids is 2. The minimum absolute atomic E-state index is 0.00123. The fourth-order valence-corrected chi connectivity index (χ4v) is 1.23. The Hall–Kier alpha value is -1.88. The number of hydrogen-bond donors (Lipinski definition) is 3. The van der Waals surface area contributed by atoms with Crippen LogP contribution in [-0.4, -0.2) is 24.9 Å². The van der Waals surface area contributed by atoms with Crippen molar-refractivity contribution in [1.82, 2.24) is 5.32 Å². The molecule has 0 fully saturated rings. The summed E-state index contributed by atoms with van der Waals surface area (Å²) >= 11 is 0. The van der Waals surface area contributed by atoms with Crippen molar-refractivity contribution in [2.75, 3.05) is 18.4 Å². The van der Waals surface area contributed by atoms with Crippen molar-refractivity contribution in [2.45, 2.75) is 6.92 Å². The lowest BCUT2D eigenvalue weighted by Crippen LogP contribution is -2.34. The van der Waals surface area contributed by atoms with E-state index in [1.165, 1.54) is 0 Å². The van der Waals surface area contributed by atoms with Crippen LogP contribution in [0.25, 0.3) is 0 Å². The molecule has 0 radical (unpaired) electrons. The lowest BCUT2D eigenvalue weighted by atomic mass is 10.2. The molecule has 16 heavy (non-hydrogen) atoms. The van der Waals surface area contributed by atoms with Gasteiger partial charge < -0.3 is 11.1 Å². The highest BCUT2D eigenvalue weighted by atomic mass is 16.2. The molecule has 0 aliphatic heterocycles. The molecule has 5 heteroatoms. The number of aryl methyl sites for hydroxylation is 1. The Morgan fingerprint density at radius 2 is 2.06 bits per heavy atom. The van der Waals surface area contributed by atoms with Crippen molar-refractivity contribution in [1.29, 1.82) is 0 Å². The van der Waals surface area contributed by atoms with Gasteiger partial charge in [0.05, 0.1) is 13.1 Å². The lowest BCUT2D eigenvalue weighted by molar-refractivity contribution is -0.117. The van der Waals surface area contributed by atoms with Crippen LogP contribution in [0.15, 0.2) is 24.3 Å². The summed E-state index contributed by atoms with van der Waals surface area (Å²) in [7, 11) is 0. The van der Waals surface area contributed by atoms with E-state index in [2.05, 4.69) is 10.6 Å². The number of carbonyl (C=O) groups is 2. The van der Waals surface area contributed by atoms with Crippen LogP contribution >= 0.6 is 0 Å². The molecule has 0 unspecified atom stereocenters. The number of amides is 2. The normalized spacial score (nSPS) is 9.81. The van der Waals surface area contributed by atoms with Gasteiger partial charge in [-0.3, -0.25) is 14.9 Å². The molecule has 0 spiro atoms. The molecule has 0 saturated heterocycles. The van der Waals surface area contributed by atoms with E-state index in [0.29, 0.717) is 0 Å². The molecule has 1 aromatic rings. The van der Waals surface area contributed by atoms with E-state index in [4.69, 9.17) is 5.73 Å². The molecule has 5 nitrogen and oxygen atoms in total. The van der Waals surface area contributed by atoms with Gasteiger partial charge in [-0.15, -0.1) is 0 Å². The molecule has 0 bridgehead atoms. The molecular weight excluding hydrogens is 206 g/mol. The van der Waals surface area contributed by atoms with Gasteiger partial charge in [-0.2, -0.15) is 0 Å². The zero-order valence-corrected chi connectivity index (χ0v) is 9.12. The summed E-state index contributed by atoms with van der Waals surface area (Å²) in [4.78, 5) is 21.8. The second-order valence-electron chi connectivity index (χ2n) is 3.49. The number of primary amides is 1. The van der Waals surface area contributed by atoms with Crippen molar-refractivity contribution in [3.63, 3.8) is 0 Å². The van der Waals surface area contributed by atoms with Crippen LogP contribution in [0.2, 0.25) is 0 Å². The Morgan fingerprint density at radius 1 is 1.31 bits per heavy atom. The highest BCUT2D eigenvalue weighted by Crippen LogP contribution is 2.08. The quantitative estimate of drug-likeness (QED) is 0.654. The number of nitrogens with two attached hydrogens (primary N) is 1. The van der Waals surface area contributed by atoms with Crippen molar-refractivity contribution >= 4 is 17.5 Å². The van der Waals surface area contributed by atoms with Gasteiger partial charge in [0.1, 0.15) is 0 Å². The SMILES string of the molecule is Cc1cccc(NC(=O)CNCC(N)=O)c1. The van der Waals surface area contributed by atoms with Crippen LogP contribution in [-0.2, 0) is 9.59 Å². The molecule has 1 rings (SSSR count). The van der Waals surface area contributed by atoms with Gasteiger partial charge in [0, 0.05) is 5.69 Å². The Balaban J connectivity index is 2.37. The van der Waals surface area contributed by atoms with E-state index < -0.39 is 5.91 Å². The Morgan fingerprint density at radius 3 is 2.69 bits per heavy atom. The number of nitrogens with one attached hydrogen (secondary N) is 2. The first-order valence-electron chi connectivity index (χ1n) is 4.93. The minimum Gasteiger partial charge on any atom is -0.369 e. The van der Waals surface area contributed by atoms with E-state index in [1.54, 1.807) is 6.07 Å². The maximum atomic E-state index is 11.4. The van der Waals surface area contributed by atoms with Gasteiger partial charge in [-0.25, -0.2) is 0 Å². The second-order valence-corrected chi connectivity index (χ2v) is 3.49. The number of anilines is 1. The topological polar surface area (TPSA) is 84.2 Å². The predicted molar refractivity (Wildman–Crippen MR) is 61.9 cm³/mol. The summed E-state index contributed by atoms with van der Waals surface area (Å²) < 4.78 is 0. The largest absolute Gasteiger partial charge is 0.369 e. The van der Waals surface area contributed by atoms with Crippen LogP contribution in [0, 0.1) is 6.92 Å².